The number of rotatable bonds is 5. The van der Waals surface area contributed by atoms with Gasteiger partial charge >= 0.3 is 0 Å². The van der Waals surface area contributed by atoms with Gasteiger partial charge in [-0.25, -0.2) is 0 Å². The van der Waals surface area contributed by atoms with Crippen molar-refractivity contribution < 1.29 is 19.8 Å². The molecule has 0 radical (unpaired) electrons. The van der Waals surface area contributed by atoms with Crippen molar-refractivity contribution in [2.45, 2.75) is 19.1 Å². The van der Waals surface area contributed by atoms with Crippen LogP contribution in [0.2, 0.25) is 5.02 Å². The van der Waals surface area contributed by atoms with Crippen molar-refractivity contribution in [1.82, 2.24) is 0 Å². The largest absolute Gasteiger partial charge is 0.389 e. The minimum absolute atomic E-state index is 0.0856. The Morgan fingerprint density at radius 1 is 1.50 bits per heavy atom. The lowest BCUT2D eigenvalue weighted by Gasteiger charge is -2.18. The van der Waals surface area contributed by atoms with Crippen molar-refractivity contribution in [2.75, 3.05) is 5.75 Å². The van der Waals surface area contributed by atoms with Crippen LogP contribution >= 0.6 is 23.4 Å². The van der Waals surface area contributed by atoms with Gasteiger partial charge in [0.25, 0.3) is 0 Å². The van der Waals surface area contributed by atoms with Gasteiger partial charge < -0.3 is 10.2 Å². The number of carbonyl (C=O) groups is 2. The Morgan fingerprint density at radius 3 is 2.67 bits per heavy atom. The SMILES string of the molecule is CC(=O)SCC(O)C(O)c1ccc(C=O)cc1Cl. The van der Waals surface area contributed by atoms with Gasteiger partial charge in [0.2, 0.25) is 0 Å². The van der Waals surface area contributed by atoms with Crippen LogP contribution in [0.25, 0.3) is 0 Å². The standard InChI is InChI=1S/C12H13ClO4S/c1-7(15)18-6-11(16)12(17)9-3-2-8(5-14)4-10(9)13/h2-5,11-12,16-17H,6H2,1H3. The number of hydrogen-bond donors (Lipinski definition) is 2. The van der Waals surface area contributed by atoms with E-state index in [4.69, 9.17) is 11.6 Å². The van der Waals surface area contributed by atoms with Crippen LogP contribution in [-0.4, -0.2) is 33.5 Å². The first-order chi connectivity index (χ1) is 8.45. The minimum Gasteiger partial charge on any atom is -0.389 e. The van der Waals surface area contributed by atoms with Gasteiger partial charge in [0.1, 0.15) is 12.4 Å². The minimum atomic E-state index is -1.19. The molecular weight excluding hydrogens is 276 g/mol. The van der Waals surface area contributed by atoms with Crippen LogP contribution in [-0.2, 0) is 4.79 Å². The van der Waals surface area contributed by atoms with E-state index in [0.29, 0.717) is 17.4 Å². The Morgan fingerprint density at radius 2 is 2.17 bits per heavy atom. The summed E-state index contributed by atoms with van der Waals surface area (Å²) in [5.74, 6) is 0.0856. The van der Waals surface area contributed by atoms with Crippen molar-refractivity contribution in [1.29, 1.82) is 0 Å². The molecule has 0 bridgehead atoms. The zero-order valence-corrected chi connectivity index (χ0v) is 11.2. The summed E-state index contributed by atoms with van der Waals surface area (Å²) < 4.78 is 0. The maximum atomic E-state index is 10.8. The topological polar surface area (TPSA) is 74.6 Å². The molecule has 6 heteroatoms. The fraction of sp³-hybridized carbons (Fsp3) is 0.333. The lowest BCUT2D eigenvalue weighted by Crippen LogP contribution is -2.21. The summed E-state index contributed by atoms with van der Waals surface area (Å²) in [6.07, 6.45) is -1.65. The van der Waals surface area contributed by atoms with Gasteiger partial charge in [0.05, 0.1) is 6.10 Å². The molecule has 0 aromatic heterocycles. The molecule has 98 valence electrons. The molecule has 2 N–H and O–H groups in total. The zero-order chi connectivity index (χ0) is 13.7. The van der Waals surface area contributed by atoms with Crippen molar-refractivity contribution in [3.8, 4) is 0 Å². The van der Waals surface area contributed by atoms with Crippen LogP contribution in [0.4, 0.5) is 0 Å². The van der Waals surface area contributed by atoms with E-state index in [2.05, 4.69) is 0 Å². The molecule has 0 amide bonds. The maximum Gasteiger partial charge on any atom is 0.185 e. The molecule has 0 aliphatic heterocycles. The number of aldehydes is 1. The molecule has 4 nitrogen and oxygen atoms in total. The molecule has 0 aliphatic rings. The highest BCUT2D eigenvalue weighted by molar-refractivity contribution is 8.13. The summed E-state index contributed by atoms with van der Waals surface area (Å²) in [4.78, 5) is 21.3. The number of benzene rings is 1. The van der Waals surface area contributed by atoms with Crippen molar-refractivity contribution in [2.24, 2.45) is 0 Å². The van der Waals surface area contributed by atoms with Crippen molar-refractivity contribution in [3.63, 3.8) is 0 Å². The Hall–Kier alpha value is -0.880. The molecule has 0 aliphatic carbocycles. The molecule has 0 spiro atoms. The molecule has 2 atom stereocenters. The van der Waals surface area contributed by atoms with E-state index in [1.807, 2.05) is 0 Å². The third kappa shape index (κ3) is 4.10. The molecule has 1 aromatic rings. The van der Waals surface area contributed by atoms with Crippen LogP contribution in [0.5, 0.6) is 0 Å². The second kappa shape index (κ2) is 6.89. The normalized spacial score (nSPS) is 14.0. The fourth-order valence-corrected chi connectivity index (χ4v) is 2.25. The van der Waals surface area contributed by atoms with Gasteiger partial charge in [-0.3, -0.25) is 9.59 Å². The first-order valence-corrected chi connectivity index (χ1v) is 6.56. The quantitative estimate of drug-likeness (QED) is 0.809. The lowest BCUT2D eigenvalue weighted by molar-refractivity contribution is -0.109. The molecule has 0 saturated heterocycles. The predicted octanol–water partition coefficient (Wildman–Crippen LogP) is 1.83. The molecule has 18 heavy (non-hydrogen) atoms. The molecule has 0 saturated carbocycles. The van der Waals surface area contributed by atoms with E-state index in [1.54, 1.807) is 0 Å². The molecule has 1 rings (SSSR count). The fourth-order valence-electron chi connectivity index (χ4n) is 1.36. The lowest BCUT2D eigenvalue weighted by atomic mass is 10.0. The average molecular weight is 289 g/mol. The number of aliphatic hydroxyl groups is 2. The van der Waals surface area contributed by atoms with Crippen molar-refractivity contribution >= 4 is 34.8 Å². The van der Waals surface area contributed by atoms with Crippen molar-refractivity contribution in [3.05, 3.63) is 34.3 Å². The Balaban J connectivity index is 2.79. The highest BCUT2D eigenvalue weighted by Gasteiger charge is 2.21. The van der Waals surface area contributed by atoms with Gasteiger partial charge in [0, 0.05) is 28.8 Å². The summed E-state index contributed by atoms with van der Waals surface area (Å²) in [6.45, 7) is 1.38. The van der Waals surface area contributed by atoms with Crippen LogP contribution in [0, 0.1) is 0 Å². The van der Waals surface area contributed by atoms with Gasteiger partial charge in [-0.15, -0.1) is 0 Å². The monoisotopic (exact) mass is 288 g/mol. The molecule has 2 unspecified atom stereocenters. The van der Waals surface area contributed by atoms with Crippen LogP contribution in [0.3, 0.4) is 0 Å². The first kappa shape index (κ1) is 15.2. The third-order valence-corrected chi connectivity index (χ3v) is 3.54. The van der Waals surface area contributed by atoms with Gasteiger partial charge in [-0.2, -0.15) is 0 Å². The maximum absolute atomic E-state index is 10.8. The number of aliphatic hydroxyl groups excluding tert-OH is 2. The highest BCUT2D eigenvalue weighted by atomic mass is 35.5. The van der Waals surface area contributed by atoms with Gasteiger partial charge in [-0.05, 0) is 6.07 Å². The van der Waals surface area contributed by atoms with Crippen LogP contribution in [0.15, 0.2) is 18.2 Å². The number of halogens is 1. The first-order valence-electron chi connectivity index (χ1n) is 5.19. The molecular formula is C12H13ClO4S. The molecule has 0 heterocycles. The van der Waals surface area contributed by atoms with Crippen LogP contribution in [0.1, 0.15) is 28.9 Å². The second-order valence-electron chi connectivity index (χ2n) is 3.71. The Kier molecular flexibility index (Phi) is 5.81. The molecule has 1 aromatic carbocycles. The molecule has 0 fully saturated rings. The summed E-state index contributed by atoms with van der Waals surface area (Å²) >= 11 is 6.83. The smallest absolute Gasteiger partial charge is 0.185 e. The van der Waals surface area contributed by atoms with E-state index in [1.165, 1.54) is 25.1 Å². The number of thioether (sulfide) groups is 1. The summed E-state index contributed by atoms with van der Waals surface area (Å²) in [7, 11) is 0. The van der Waals surface area contributed by atoms with Crippen LogP contribution < -0.4 is 0 Å². The number of carbonyl (C=O) groups excluding carboxylic acids is 2. The van der Waals surface area contributed by atoms with E-state index in [0.717, 1.165) is 11.8 Å². The summed E-state index contributed by atoms with van der Waals surface area (Å²) in [6, 6.07) is 4.40. The van der Waals surface area contributed by atoms with Gasteiger partial charge in [-0.1, -0.05) is 35.5 Å². The third-order valence-electron chi connectivity index (χ3n) is 2.30. The Bertz CT molecular complexity index is 450. The predicted molar refractivity (Wildman–Crippen MR) is 70.9 cm³/mol. The van der Waals surface area contributed by atoms with E-state index < -0.39 is 12.2 Å². The highest BCUT2D eigenvalue weighted by Crippen LogP contribution is 2.27. The van der Waals surface area contributed by atoms with Gasteiger partial charge in [0.15, 0.2) is 5.12 Å². The van der Waals surface area contributed by atoms with E-state index >= 15 is 0 Å². The summed E-state index contributed by atoms with van der Waals surface area (Å²) in [5, 5.41) is 19.7. The summed E-state index contributed by atoms with van der Waals surface area (Å²) in [5.41, 5.74) is 0.725. The van der Waals surface area contributed by atoms with E-state index in [9.17, 15) is 19.8 Å². The Labute approximate surface area is 114 Å². The number of hydrogen-bond acceptors (Lipinski definition) is 5. The second-order valence-corrected chi connectivity index (χ2v) is 5.32. The zero-order valence-electron chi connectivity index (χ0n) is 9.67. The average Bonchev–Trinajstić information content (AvgIpc) is 2.34. The van der Waals surface area contributed by atoms with E-state index in [-0.39, 0.29) is 15.9 Å².